The largest absolute Gasteiger partial charge is 0.381 e. The van der Waals surface area contributed by atoms with Crippen molar-refractivity contribution in [1.29, 1.82) is 0 Å². The van der Waals surface area contributed by atoms with E-state index < -0.39 is 5.41 Å². The van der Waals surface area contributed by atoms with Crippen LogP contribution in [0, 0.1) is 5.82 Å². The quantitative estimate of drug-likeness (QED) is 0.689. The van der Waals surface area contributed by atoms with E-state index in [0.29, 0.717) is 32.5 Å². The Labute approximate surface area is 99.8 Å². The molecule has 3 heteroatoms. The van der Waals surface area contributed by atoms with Crippen LogP contribution in [0.1, 0.15) is 30.4 Å². The molecule has 2 nitrogen and oxygen atoms in total. The van der Waals surface area contributed by atoms with E-state index in [4.69, 9.17) is 4.74 Å². The zero-order chi connectivity index (χ0) is 11.9. The summed E-state index contributed by atoms with van der Waals surface area (Å²) in [6.07, 6.45) is 2.72. The first-order valence-electron chi connectivity index (χ1n) is 6.12. The van der Waals surface area contributed by atoms with Crippen LogP contribution in [0.3, 0.4) is 0 Å². The molecule has 0 aromatic heterocycles. The van der Waals surface area contributed by atoms with Crippen LogP contribution in [0.2, 0.25) is 0 Å². The van der Waals surface area contributed by atoms with Gasteiger partial charge in [0, 0.05) is 19.6 Å². The van der Waals surface area contributed by atoms with Gasteiger partial charge in [-0.15, -0.1) is 0 Å². The summed E-state index contributed by atoms with van der Waals surface area (Å²) in [6, 6.07) is 4.87. The molecular formula is C14H15FO2. The molecule has 0 saturated carbocycles. The van der Waals surface area contributed by atoms with Gasteiger partial charge in [0.15, 0.2) is 0 Å². The molecule has 1 aliphatic heterocycles. The Balaban J connectivity index is 2.14. The third kappa shape index (κ3) is 1.61. The predicted molar refractivity (Wildman–Crippen MR) is 61.5 cm³/mol. The second-order valence-electron chi connectivity index (χ2n) is 4.92. The molecule has 1 saturated heterocycles. The van der Waals surface area contributed by atoms with Crippen molar-refractivity contribution < 1.29 is 13.9 Å². The standard InChI is InChI=1S/C14H15FO2/c15-11-3-1-10-2-4-13(16)14(12(10)9-11)5-7-17-8-6-14/h1,3,9H,2,4-8H2. The Kier molecular flexibility index (Phi) is 2.51. The number of halogens is 1. The maximum atomic E-state index is 13.4. The van der Waals surface area contributed by atoms with Crippen molar-refractivity contribution >= 4 is 5.78 Å². The molecule has 0 radical (unpaired) electrons. The van der Waals surface area contributed by atoms with Crippen molar-refractivity contribution in [3.63, 3.8) is 0 Å². The minimum Gasteiger partial charge on any atom is -0.381 e. The van der Waals surface area contributed by atoms with Crippen molar-refractivity contribution in [2.75, 3.05) is 13.2 Å². The first-order valence-corrected chi connectivity index (χ1v) is 6.12. The van der Waals surface area contributed by atoms with Gasteiger partial charge in [-0.2, -0.15) is 0 Å². The fraction of sp³-hybridized carbons (Fsp3) is 0.500. The van der Waals surface area contributed by atoms with Crippen molar-refractivity contribution in [2.24, 2.45) is 0 Å². The number of hydrogen-bond acceptors (Lipinski definition) is 2. The zero-order valence-electron chi connectivity index (χ0n) is 9.67. The van der Waals surface area contributed by atoms with Gasteiger partial charge < -0.3 is 4.74 Å². The topological polar surface area (TPSA) is 26.3 Å². The minimum absolute atomic E-state index is 0.246. The Bertz CT molecular complexity index is 461. The van der Waals surface area contributed by atoms with Crippen LogP contribution >= 0.6 is 0 Å². The molecule has 0 atom stereocenters. The second kappa shape index (κ2) is 3.91. The smallest absolute Gasteiger partial charge is 0.143 e. The van der Waals surface area contributed by atoms with Crippen LogP contribution in [0.4, 0.5) is 4.39 Å². The number of ether oxygens (including phenoxy) is 1. The molecular weight excluding hydrogens is 219 g/mol. The first kappa shape index (κ1) is 10.9. The zero-order valence-corrected chi connectivity index (χ0v) is 9.67. The number of aryl methyl sites for hydroxylation is 1. The highest BCUT2D eigenvalue weighted by atomic mass is 19.1. The maximum absolute atomic E-state index is 13.4. The van der Waals surface area contributed by atoms with Crippen LogP contribution in [-0.4, -0.2) is 19.0 Å². The van der Waals surface area contributed by atoms with Crippen LogP contribution in [0.15, 0.2) is 18.2 Å². The SMILES string of the molecule is O=C1CCc2ccc(F)cc2C12CCOCC2. The second-order valence-corrected chi connectivity index (χ2v) is 4.92. The lowest BCUT2D eigenvalue weighted by molar-refractivity contribution is -0.129. The van der Waals surface area contributed by atoms with Gasteiger partial charge in [0.1, 0.15) is 11.6 Å². The molecule has 3 rings (SSSR count). The highest BCUT2D eigenvalue weighted by Crippen LogP contribution is 2.42. The molecule has 0 amide bonds. The van der Waals surface area contributed by atoms with Gasteiger partial charge in [-0.05, 0) is 42.5 Å². The third-order valence-electron chi connectivity index (χ3n) is 4.09. The number of benzene rings is 1. The van der Waals surface area contributed by atoms with E-state index in [9.17, 15) is 9.18 Å². The summed E-state index contributed by atoms with van der Waals surface area (Å²) in [5.41, 5.74) is 1.58. The number of carbonyl (C=O) groups excluding carboxylic acids is 1. The van der Waals surface area contributed by atoms with Gasteiger partial charge in [0.05, 0.1) is 5.41 Å². The molecule has 1 aliphatic carbocycles. The molecule has 1 fully saturated rings. The summed E-state index contributed by atoms with van der Waals surface area (Å²) in [6.45, 7) is 1.20. The van der Waals surface area contributed by atoms with E-state index in [2.05, 4.69) is 0 Å². The van der Waals surface area contributed by atoms with Crippen LogP contribution < -0.4 is 0 Å². The van der Waals surface area contributed by atoms with Crippen molar-refractivity contribution in [2.45, 2.75) is 31.1 Å². The Morgan fingerprint density at radius 3 is 2.71 bits per heavy atom. The molecule has 1 aromatic carbocycles. The Hall–Kier alpha value is -1.22. The maximum Gasteiger partial charge on any atom is 0.143 e. The van der Waals surface area contributed by atoms with Crippen molar-refractivity contribution in [3.05, 3.63) is 35.1 Å². The molecule has 17 heavy (non-hydrogen) atoms. The molecule has 0 unspecified atom stereocenters. The molecule has 0 bridgehead atoms. The normalized spacial score (nSPS) is 22.5. The van der Waals surface area contributed by atoms with Crippen molar-refractivity contribution in [3.8, 4) is 0 Å². The van der Waals surface area contributed by atoms with Crippen LogP contribution in [0.25, 0.3) is 0 Å². The van der Waals surface area contributed by atoms with Gasteiger partial charge in [-0.3, -0.25) is 4.79 Å². The lowest BCUT2D eigenvalue weighted by Gasteiger charge is -2.40. The van der Waals surface area contributed by atoms with Gasteiger partial charge in [0.2, 0.25) is 0 Å². The summed E-state index contributed by atoms with van der Waals surface area (Å²) in [7, 11) is 0. The van der Waals surface area contributed by atoms with E-state index in [-0.39, 0.29) is 11.6 Å². The highest BCUT2D eigenvalue weighted by molar-refractivity contribution is 5.92. The number of fused-ring (bicyclic) bond motifs is 2. The average Bonchev–Trinajstić information content (AvgIpc) is 2.36. The monoisotopic (exact) mass is 234 g/mol. The molecule has 90 valence electrons. The number of ketones is 1. The van der Waals surface area contributed by atoms with Gasteiger partial charge in [-0.25, -0.2) is 4.39 Å². The summed E-state index contributed by atoms with van der Waals surface area (Å²) in [4.78, 5) is 12.3. The van der Waals surface area contributed by atoms with E-state index >= 15 is 0 Å². The first-order chi connectivity index (χ1) is 8.22. The highest BCUT2D eigenvalue weighted by Gasteiger charge is 2.44. The summed E-state index contributed by atoms with van der Waals surface area (Å²) < 4.78 is 18.8. The summed E-state index contributed by atoms with van der Waals surface area (Å²) in [5.74, 6) is 0.0169. The lowest BCUT2D eigenvalue weighted by Crippen LogP contribution is -2.44. The fourth-order valence-electron chi connectivity index (χ4n) is 3.12. The molecule has 2 aliphatic rings. The van der Waals surface area contributed by atoms with Gasteiger partial charge in [-0.1, -0.05) is 6.07 Å². The molecule has 1 heterocycles. The number of hydrogen-bond donors (Lipinski definition) is 0. The molecule has 0 N–H and O–H groups in total. The third-order valence-corrected chi connectivity index (χ3v) is 4.09. The van der Waals surface area contributed by atoms with E-state index in [0.717, 1.165) is 17.5 Å². The number of Topliss-reactive ketones (excluding diaryl/α,β-unsaturated/α-hetero) is 1. The van der Waals surface area contributed by atoms with Gasteiger partial charge >= 0.3 is 0 Å². The lowest BCUT2D eigenvalue weighted by atomic mass is 9.65. The summed E-state index contributed by atoms with van der Waals surface area (Å²) >= 11 is 0. The van der Waals surface area contributed by atoms with Gasteiger partial charge in [0.25, 0.3) is 0 Å². The van der Waals surface area contributed by atoms with Crippen molar-refractivity contribution in [1.82, 2.24) is 0 Å². The number of carbonyl (C=O) groups is 1. The summed E-state index contributed by atoms with van der Waals surface area (Å²) in [5, 5.41) is 0. The van der Waals surface area contributed by atoms with Crippen LogP contribution in [-0.2, 0) is 21.4 Å². The Morgan fingerprint density at radius 2 is 1.94 bits per heavy atom. The predicted octanol–water partition coefficient (Wildman–Crippen LogP) is 2.39. The van der Waals surface area contributed by atoms with E-state index in [1.165, 1.54) is 6.07 Å². The minimum atomic E-state index is -0.464. The van der Waals surface area contributed by atoms with E-state index in [1.807, 2.05) is 6.07 Å². The average molecular weight is 234 g/mol. The van der Waals surface area contributed by atoms with Crippen LogP contribution in [0.5, 0.6) is 0 Å². The Morgan fingerprint density at radius 1 is 1.18 bits per heavy atom. The molecule has 1 aromatic rings. The number of rotatable bonds is 0. The van der Waals surface area contributed by atoms with E-state index in [1.54, 1.807) is 6.07 Å². The fourth-order valence-corrected chi connectivity index (χ4v) is 3.12. The molecule has 1 spiro atoms.